The molecule has 96 valence electrons. The van der Waals surface area contributed by atoms with Crippen molar-refractivity contribution >= 4 is 0 Å². The monoisotopic (exact) mass is 228 g/mol. The number of piperidine rings is 1. The quantitative estimate of drug-likeness (QED) is 0.679. The van der Waals surface area contributed by atoms with E-state index >= 15 is 0 Å². The molecule has 1 heterocycles. The fourth-order valence-corrected chi connectivity index (χ4v) is 2.43. The van der Waals surface area contributed by atoms with Gasteiger partial charge in [-0.25, -0.2) is 0 Å². The topological polar surface area (TPSA) is 49.5 Å². The Hall–Kier alpha value is -0.120. The zero-order valence-corrected chi connectivity index (χ0v) is 10.9. The summed E-state index contributed by atoms with van der Waals surface area (Å²) in [5.74, 6) is 0.867. The van der Waals surface area contributed by atoms with Crippen LogP contribution in [0.1, 0.15) is 46.0 Å². The summed E-state index contributed by atoms with van der Waals surface area (Å²) >= 11 is 0. The molecule has 3 heteroatoms. The number of nitrogens with zero attached hydrogens (tertiary/aromatic N) is 1. The zero-order valence-electron chi connectivity index (χ0n) is 10.9. The van der Waals surface area contributed by atoms with Crippen LogP contribution in [0.15, 0.2) is 0 Å². The Kier molecular flexibility index (Phi) is 5.73. The lowest BCUT2D eigenvalue weighted by atomic mass is 9.96. The number of likely N-dealkylation sites (tertiary alicyclic amines) is 1. The number of aliphatic hydroxyl groups excluding tert-OH is 1. The molecule has 1 aliphatic heterocycles. The third-order valence-corrected chi connectivity index (χ3v) is 3.57. The van der Waals surface area contributed by atoms with Gasteiger partial charge in [0.15, 0.2) is 0 Å². The van der Waals surface area contributed by atoms with Crippen molar-refractivity contribution in [3.63, 3.8) is 0 Å². The van der Waals surface area contributed by atoms with E-state index < -0.39 is 0 Å². The van der Waals surface area contributed by atoms with Gasteiger partial charge < -0.3 is 15.7 Å². The number of hydrogen-bond acceptors (Lipinski definition) is 3. The van der Waals surface area contributed by atoms with Crippen molar-refractivity contribution in [1.82, 2.24) is 4.90 Å². The number of unbranched alkanes of at least 4 members (excludes halogenated alkanes) is 1. The molecule has 16 heavy (non-hydrogen) atoms. The van der Waals surface area contributed by atoms with E-state index in [0.29, 0.717) is 0 Å². The van der Waals surface area contributed by atoms with Gasteiger partial charge in [-0.2, -0.15) is 0 Å². The van der Waals surface area contributed by atoms with Gasteiger partial charge >= 0.3 is 0 Å². The van der Waals surface area contributed by atoms with Crippen molar-refractivity contribution in [3.05, 3.63) is 0 Å². The molecule has 1 aliphatic rings. The highest BCUT2D eigenvalue weighted by Crippen LogP contribution is 2.16. The molecule has 1 fully saturated rings. The summed E-state index contributed by atoms with van der Waals surface area (Å²) in [5, 5.41) is 9.04. The van der Waals surface area contributed by atoms with E-state index in [-0.39, 0.29) is 12.1 Å². The first kappa shape index (κ1) is 13.9. The lowest BCUT2D eigenvalue weighted by molar-refractivity contribution is 0.172. The summed E-state index contributed by atoms with van der Waals surface area (Å²) in [6.07, 6.45) is 6.00. The third-order valence-electron chi connectivity index (χ3n) is 3.57. The molecule has 3 nitrogen and oxygen atoms in total. The summed E-state index contributed by atoms with van der Waals surface area (Å²) in [4.78, 5) is 2.57. The van der Waals surface area contributed by atoms with Crippen LogP contribution in [0.25, 0.3) is 0 Å². The molecular formula is C13H28N2O. The maximum atomic E-state index is 9.04. The largest absolute Gasteiger partial charge is 0.394 e. The van der Waals surface area contributed by atoms with Gasteiger partial charge in [0.05, 0.1) is 6.61 Å². The van der Waals surface area contributed by atoms with E-state index in [9.17, 15) is 0 Å². The maximum absolute atomic E-state index is 9.04. The van der Waals surface area contributed by atoms with Crippen LogP contribution in [0.5, 0.6) is 0 Å². The van der Waals surface area contributed by atoms with Crippen molar-refractivity contribution in [3.8, 4) is 0 Å². The first-order valence-corrected chi connectivity index (χ1v) is 6.65. The fourth-order valence-electron chi connectivity index (χ4n) is 2.43. The Morgan fingerprint density at radius 2 is 2.19 bits per heavy atom. The van der Waals surface area contributed by atoms with Crippen LogP contribution in [0.2, 0.25) is 0 Å². The molecule has 0 spiro atoms. The second kappa shape index (κ2) is 6.58. The van der Waals surface area contributed by atoms with Gasteiger partial charge in [0, 0.05) is 12.1 Å². The van der Waals surface area contributed by atoms with E-state index in [4.69, 9.17) is 10.8 Å². The molecule has 0 aromatic carbocycles. The van der Waals surface area contributed by atoms with Crippen molar-refractivity contribution in [2.75, 3.05) is 26.2 Å². The highest BCUT2D eigenvalue weighted by molar-refractivity contribution is 4.77. The zero-order chi connectivity index (χ0) is 12.0. The minimum Gasteiger partial charge on any atom is -0.394 e. The maximum Gasteiger partial charge on any atom is 0.0608 e. The van der Waals surface area contributed by atoms with Crippen LogP contribution >= 0.6 is 0 Å². The Morgan fingerprint density at radius 1 is 1.44 bits per heavy atom. The summed E-state index contributed by atoms with van der Waals surface area (Å²) in [6.45, 7) is 8.09. The molecular weight excluding hydrogens is 200 g/mol. The van der Waals surface area contributed by atoms with Crippen LogP contribution < -0.4 is 5.73 Å². The molecule has 1 saturated heterocycles. The van der Waals surface area contributed by atoms with Crippen molar-refractivity contribution < 1.29 is 5.11 Å². The summed E-state index contributed by atoms with van der Waals surface area (Å²) in [6, 6.07) is 0. The predicted octanol–water partition coefficient (Wildman–Crippen LogP) is 1.60. The van der Waals surface area contributed by atoms with E-state index in [1.54, 1.807) is 0 Å². The number of rotatable bonds is 6. The fraction of sp³-hybridized carbons (Fsp3) is 1.00. The lowest BCUT2D eigenvalue weighted by Crippen LogP contribution is -2.40. The molecule has 0 radical (unpaired) electrons. The van der Waals surface area contributed by atoms with Crippen molar-refractivity contribution in [2.24, 2.45) is 11.7 Å². The van der Waals surface area contributed by atoms with Gasteiger partial charge in [-0.15, -0.1) is 0 Å². The van der Waals surface area contributed by atoms with Crippen LogP contribution in [0, 0.1) is 5.92 Å². The van der Waals surface area contributed by atoms with E-state index in [0.717, 1.165) is 18.8 Å². The minimum absolute atomic E-state index is 0.0910. The van der Waals surface area contributed by atoms with E-state index in [1.807, 2.05) is 6.92 Å². The molecule has 3 N–H and O–H groups in total. The molecule has 2 atom stereocenters. The van der Waals surface area contributed by atoms with Gasteiger partial charge in [0.25, 0.3) is 0 Å². The standard InChI is InChI=1S/C13H28N2O/c1-12-6-5-9-15(10-12)8-4-3-7-13(2,14)11-16/h12,16H,3-11,14H2,1-2H3. The predicted molar refractivity (Wildman–Crippen MR) is 68.4 cm³/mol. The van der Waals surface area contributed by atoms with Crippen LogP contribution in [0.3, 0.4) is 0 Å². The van der Waals surface area contributed by atoms with Gasteiger partial charge in [-0.3, -0.25) is 0 Å². The van der Waals surface area contributed by atoms with Crippen molar-refractivity contribution in [2.45, 2.75) is 51.5 Å². The second-order valence-corrected chi connectivity index (χ2v) is 5.82. The molecule has 0 saturated carbocycles. The van der Waals surface area contributed by atoms with E-state index in [2.05, 4.69) is 11.8 Å². The summed E-state index contributed by atoms with van der Waals surface area (Å²) in [5.41, 5.74) is 5.51. The number of nitrogens with two attached hydrogens (primary N) is 1. The highest BCUT2D eigenvalue weighted by atomic mass is 16.3. The lowest BCUT2D eigenvalue weighted by Gasteiger charge is -2.31. The Bertz CT molecular complexity index is 194. The molecule has 0 aromatic heterocycles. The minimum atomic E-state index is -0.380. The smallest absolute Gasteiger partial charge is 0.0608 e. The van der Waals surface area contributed by atoms with E-state index in [1.165, 1.54) is 38.9 Å². The molecule has 2 unspecified atom stereocenters. The Balaban J connectivity index is 2.06. The van der Waals surface area contributed by atoms with Crippen LogP contribution in [-0.4, -0.2) is 41.8 Å². The average Bonchev–Trinajstić information content (AvgIpc) is 2.25. The third kappa shape index (κ3) is 5.28. The highest BCUT2D eigenvalue weighted by Gasteiger charge is 2.18. The normalized spacial score (nSPS) is 26.6. The van der Waals surface area contributed by atoms with Crippen LogP contribution in [-0.2, 0) is 0 Å². The average molecular weight is 228 g/mol. The van der Waals surface area contributed by atoms with Gasteiger partial charge in [-0.1, -0.05) is 13.3 Å². The van der Waals surface area contributed by atoms with Gasteiger partial charge in [0.1, 0.15) is 0 Å². The molecule has 0 bridgehead atoms. The first-order valence-electron chi connectivity index (χ1n) is 6.65. The molecule has 1 rings (SSSR count). The molecule has 0 aromatic rings. The molecule has 0 amide bonds. The molecule has 0 aliphatic carbocycles. The number of hydrogen-bond donors (Lipinski definition) is 2. The Morgan fingerprint density at radius 3 is 2.81 bits per heavy atom. The van der Waals surface area contributed by atoms with Crippen LogP contribution in [0.4, 0.5) is 0 Å². The SMILES string of the molecule is CC1CCCN(CCCCC(C)(N)CO)C1. The Labute approximate surface area is 100 Å². The summed E-state index contributed by atoms with van der Waals surface area (Å²) < 4.78 is 0. The van der Waals surface area contributed by atoms with Gasteiger partial charge in [0.2, 0.25) is 0 Å². The number of aliphatic hydroxyl groups is 1. The first-order chi connectivity index (χ1) is 7.53. The van der Waals surface area contributed by atoms with Gasteiger partial charge in [-0.05, 0) is 51.6 Å². The summed E-state index contributed by atoms with van der Waals surface area (Å²) in [7, 11) is 0. The van der Waals surface area contributed by atoms with Crippen molar-refractivity contribution in [1.29, 1.82) is 0 Å². The second-order valence-electron chi connectivity index (χ2n) is 5.82.